The van der Waals surface area contributed by atoms with Crippen LogP contribution in [0.25, 0.3) is 22.7 Å². The van der Waals surface area contributed by atoms with E-state index >= 15 is 0 Å². The molecule has 0 bridgehead atoms. The number of aromatic nitrogens is 5. The van der Waals surface area contributed by atoms with Gasteiger partial charge in [-0.15, -0.1) is 15.3 Å². The van der Waals surface area contributed by atoms with E-state index in [9.17, 15) is 13.2 Å². The molecule has 0 aliphatic carbocycles. The fourth-order valence-electron chi connectivity index (χ4n) is 3.78. The van der Waals surface area contributed by atoms with Gasteiger partial charge in [-0.3, -0.25) is 0 Å². The van der Waals surface area contributed by atoms with Gasteiger partial charge in [-0.1, -0.05) is 23.4 Å². The number of rotatable bonds is 7. The van der Waals surface area contributed by atoms with Crippen LogP contribution in [0.4, 0.5) is 18.9 Å². The third-order valence-corrected chi connectivity index (χ3v) is 5.55. The highest BCUT2D eigenvalue weighted by Crippen LogP contribution is 2.26. The van der Waals surface area contributed by atoms with Crippen LogP contribution >= 0.6 is 0 Å². The maximum atomic E-state index is 14.7. The first-order valence-electron chi connectivity index (χ1n) is 10.8. The van der Waals surface area contributed by atoms with E-state index in [-0.39, 0.29) is 18.0 Å². The van der Waals surface area contributed by atoms with Crippen LogP contribution in [0.3, 0.4) is 0 Å². The lowest BCUT2D eigenvalue weighted by atomic mass is 10.1. The average Bonchev–Trinajstić information content (AvgIpc) is 3.52. The third-order valence-electron chi connectivity index (χ3n) is 5.55. The molecule has 0 unspecified atom stereocenters. The Hall–Kier alpha value is -3.73. The van der Waals surface area contributed by atoms with Crippen LogP contribution in [0.15, 0.2) is 53.1 Å². The molecule has 2 aromatic heterocycles. The Bertz CT molecular complexity index is 1270. The van der Waals surface area contributed by atoms with Gasteiger partial charge >= 0.3 is 6.43 Å². The Balaban J connectivity index is 1.28. The monoisotopic (exact) mass is 470 g/mol. The van der Waals surface area contributed by atoms with Crippen molar-refractivity contribution in [3.8, 4) is 22.7 Å². The summed E-state index contributed by atoms with van der Waals surface area (Å²) in [4.78, 5) is 0. The lowest BCUT2D eigenvalue weighted by molar-refractivity contribution is 0.0904. The van der Waals surface area contributed by atoms with Gasteiger partial charge in [0.05, 0.1) is 12.7 Å². The molecule has 1 fully saturated rings. The molecule has 11 heteroatoms. The maximum Gasteiger partial charge on any atom is 0.314 e. The first-order chi connectivity index (χ1) is 16.5. The van der Waals surface area contributed by atoms with Crippen molar-refractivity contribution in [1.82, 2.24) is 25.2 Å². The number of hydrogen-bond acceptors (Lipinski definition) is 7. The Morgan fingerprint density at radius 2 is 1.88 bits per heavy atom. The van der Waals surface area contributed by atoms with Crippen LogP contribution in [-0.2, 0) is 11.3 Å². The molecule has 3 heterocycles. The minimum absolute atomic E-state index is 0.144. The Labute approximate surface area is 192 Å². The number of hydrogen-bond donors (Lipinski definition) is 1. The Morgan fingerprint density at radius 3 is 2.65 bits per heavy atom. The van der Waals surface area contributed by atoms with Gasteiger partial charge in [-0.2, -0.15) is 8.78 Å². The number of nitrogens with zero attached hydrogens (tertiary/aromatic N) is 5. The molecule has 0 atom stereocenters. The molecule has 1 N–H and O–H groups in total. The zero-order valence-electron chi connectivity index (χ0n) is 18.0. The maximum absolute atomic E-state index is 14.7. The van der Waals surface area contributed by atoms with Crippen molar-refractivity contribution in [2.45, 2.75) is 31.9 Å². The van der Waals surface area contributed by atoms with E-state index in [1.807, 2.05) is 24.3 Å². The molecule has 0 amide bonds. The van der Waals surface area contributed by atoms with E-state index in [0.29, 0.717) is 17.3 Å². The quantitative estimate of drug-likeness (QED) is 0.418. The summed E-state index contributed by atoms with van der Waals surface area (Å²) in [5.41, 5.74) is 3.12. The van der Waals surface area contributed by atoms with Crippen LogP contribution < -0.4 is 5.32 Å². The SMILES string of the molecule is Fc1cc(-c2nnc(C(F)F)o2)ccc1Cn1cc(-c2cccc(NC3CCOCC3)c2)nn1. The van der Waals surface area contributed by atoms with Crippen LogP contribution in [0.1, 0.15) is 30.7 Å². The second-order valence-electron chi connectivity index (χ2n) is 7.97. The van der Waals surface area contributed by atoms with E-state index in [4.69, 9.17) is 9.15 Å². The number of halogens is 3. The fourth-order valence-corrected chi connectivity index (χ4v) is 3.78. The lowest BCUT2D eigenvalue weighted by Crippen LogP contribution is -2.27. The second kappa shape index (κ2) is 9.64. The summed E-state index contributed by atoms with van der Waals surface area (Å²) in [6.45, 7) is 1.66. The molecule has 1 aliphatic rings. The van der Waals surface area contributed by atoms with E-state index < -0.39 is 18.1 Å². The molecule has 176 valence electrons. The number of anilines is 1. The minimum atomic E-state index is -2.88. The number of nitrogens with one attached hydrogen (secondary N) is 1. The number of ether oxygens (including phenoxy) is 1. The summed E-state index contributed by atoms with van der Waals surface area (Å²) in [5, 5.41) is 18.7. The summed E-state index contributed by atoms with van der Waals surface area (Å²) in [5.74, 6) is -1.52. The molecule has 8 nitrogen and oxygen atoms in total. The smallest absolute Gasteiger partial charge is 0.314 e. The van der Waals surface area contributed by atoms with Crippen LogP contribution in [0.2, 0.25) is 0 Å². The van der Waals surface area contributed by atoms with Gasteiger partial charge in [0.2, 0.25) is 5.89 Å². The summed E-state index contributed by atoms with van der Waals surface area (Å²) < 4.78 is 51.8. The Morgan fingerprint density at radius 1 is 1.03 bits per heavy atom. The molecule has 0 saturated carbocycles. The van der Waals surface area contributed by atoms with E-state index in [2.05, 4.69) is 25.8 Å². The summed E-state index contributed by atoms with van der Waals surface area (Å²) in [6.07, 6.45) is 0.786. The van der Waals surface area contributed by atoms with Crippen molar-refractivity contribution >= 4 is 5.69 Å². The molecule has 0 spiro atoms. The van der Waals surface area contributed by atoms with Crippen LogP contribution in [0, 0.1) is 5.82 Å². The third kappa shape index (κ3) is 4.93. The zero-order chi connectivity index (χ0) is 23.5. The van der Waals surface area contributed by atoms with Gasteiger partial charge in [0.15, 0.2) is 0 Å². The molecule has 34 heavy (non-hydrogen) atoms. The lowest BCUT2D eigenvalue weighted by Gasteiger charge is -2.24. The first kappa shape index (κ1) is 22.1. The van der Waals surface area contributed by atoms with Gasteiger partial charge in [0.25, 0.3) is 5.89 Å². The van der Waals surface area contributed by atoms with Crippen molar-refractivity contribution in [3.63, 3.8) is 0 Å². The van der Waals surface area contributed by atoms with Crippen molar-refractivity contribution in [3.05, 3.63) is 65.9 Å². The largest absolute Gasteiger partial charge is 0.415 e. The van der Waals surface area contributed by atoms with Gasteiger partial charge < -0.3 is 14.5 Å². The van der Waals surface area contributed by atoms with E-state index in [0.717, 1.165) is 37.3 Å². The highest BCUT2D eigenvalue weighted by molar-refractivity contribution is 5.64. The van der Waals surface area contributed by atoms with E-state index in [1.165, 1.54) is 22.9 Å². The van der Waals surface area contributed by atoms with Crippen molar-refractivity contribution in [2.75, 3.05) is 18.5 Å². The molecular formula is C23H21F3N6O2. The normalized spacial score (nSPS) is 14.6. The van der Waals surface area contributed by atoms with Crippen LogP contribution in [0.5, 0.6) is 0 Å². The molecule has 1 saturated heterocycles. The first-order valence-corrected chi connectivity index (χ1v) is 10.8. The molecule has 2 aromatic carbocycles. The van der Waals surface area contributed by atoms with Gasteiger partial charge in [0.1, 0.15) is 11.5 Å². The van der Waals surface area contributed by atoms with Gasteiger partial charge in [0, 0.05) is 41.6 Å². The average molecular weight is 470 g/mol. The summed E-state index contributed by atoms with van der Waals surface area (Å²) in [6, 6.07) is 12.5. The second-order valence-corrected chi connectivity index (χ2v) is 7.97. The highest BCUT2D eigenvalue weighted by Gasteiger charge is 2.18. The number of benzene rings is 2. The standard InChI is InChI=1S/C23H21F3N6O2/c24-19-11-15(22-29-30-23(34-22)21(25)26)4-5-16(19)12-32-13-20(28-31-32)14-2-1-3-18(10-14)27-17-6-8-33-9-7-17/h1-5,10-11,13,17,21,27H,6-9,12H2. The molecule has 0 radical (unpaired) electrons. The summed E-state index contributed by atoms with van der Waals surface area (Å²) >= 11 is 0. The number of alkyl halides is 2. The van der Waals surface area contributed by atoms with Gasteiger partial charge in [-0.25, -0.2) is 9.07 Å². The fraction of sp³-hybridized carbons (Fsp3) is 0.304. The van der Waals surface area contributed by atoms with Crippen LogP contribution in [-0.4, -0.2) is 44.4 Å². The van der Waals surface area contributed by atoms with Crippen molar-refractivity contribution < 1.29 is 22.3 Å². The topological polar surface area (TPSA) is 90.9 Å². The molecular weight excluding hydrogens is 449 g/mol. The van der Waals surface area contributed by atoms with Gasteiger partial charge in [-0.05, 0) is 37.1 Å². The molecule has 4 aromatic rings. The Kier molecular flexibility index (Phi) is 6.26. The predicted molar refractivity (Wildman–Crippen MR) is 117 cm³/mol. The predicted octanol–water partition coefficient (Wildman–Crippen LogP) is 4.71. The van der Waals surface area contributed by atoms with Crippen molar-refractivity contribution in [2.24, 2.45) is 0 Å². The summed E-state index contributed by atoms with van der Waals surface area (Å²) in [7, 11) is 0. The molecule has 1 aliphatic heterocycles. The minimum Gasteiger partial charge on any atom is -0.415 e. The van der Waals surface area contributed by atoms with Crippen molar-refractivity contribution in [1.29, 1.82) is 0 Å². The van der Waals surface area contributed by atoms with E-state index in [1.54, 1.807) is 6.20 Å². The molecule has 5 rings (SSSR count). The highest BCUT2D eigenvalue weighted by atomic mass is 19.3. The zero-order valence-corrected chi connectivity index (χ0v) is 18.0.